The Kier molecular flexibility index (Phi) is 6.02. The van der Waals surface area contributed by atoms with Gasteiger partial charge in [0.25, 0.3) is 0 Å². The second kappa shape index (κ2) is 8.58. The highest BCUT2D eigenvalue weighted by molar-refractivity contribution is 5.81. The first-order valence-electron chi connectivity index (χ1n) is 11.5. The van der Waals surface area contributed by atoms with Gasteiger partial charge in [0, 0.05) is 43.4 Å². The van der Waals surface area contributed by atoms with Crippen LogP contribution in [-0.4, -0.2) is 47.6 Å². The first-order chi connectivity index (χ1) is 14.7. The normalized spacial score (nSPS) is 16.1. The fourth-order valence-electron chi connectivity index (χ4n) is 4.53. The van der Waals surface area contributed by atoms with E-state index in [9.17, 15) is 0 Å². The van der Waals surface area contributed by atoms with E-state index in [4.69, 9.17) is 0 Å². The lowest BCUT2D eigenvalue weighted by Gasteiger charge is -2.38. The number of aromatic nitrogens is 2. The number of fused-ring (bicyclic) bond motifs is 1. The predicted octanol–water partition coefficient (Wildman–Crippen LogP) is 5.42. The highest BCUT2D eigenvalue weighted by Crippen LogP contribution is 2.32. The number of piperazine rings is 1. The van der Waals surface area contributed by atoms with E-state index in [1.54, 1.807) is 6.33 Å². The summed E-state index contributed by atoms with van der Waals surface area (Å²) < 4.78 is 0. The van der Waals surface area contributed by atoms with Gasteiger partial charge in [-0.3, -0.25) is 4.90 Å². The van der Waals surface area contributed by atoms with Crippen molar-refractivity contribution in [3.8, 4) is 0 Å². The summed E-state index contributed by atoms with van der Waals surface area (Å²) in [7, 11) is 0. The Hall–Kier alpha value is -2.46. The molecule has 3 aromatic rings. The summed E-state index contributed by atoms with van der Waals surface area (Å²) in [6.07, 6.45) is 4.70. The quantitative estimate of drug-likeness (QED) is 0.556. The van der Waals surface area contributed by atoms with Crippen LogP contribution in [0.4, 0.5) is 5.69 Å². The molecule has 0 atom stereocenters. The van der Waals surface area contributed by atoms with Crippen LogP contribution >= 0.6 is 0 Å². The van der Waals surface area contributed by atoms with Crippen molar-refractivity contribution in [1.82, 2.24) is 14.9 Å². The summed E-state index contributed by atoms with van der Waals surface area (Å²) in [6, 6.07) is 15.6. The molecule has 0 radical (unpaired) electrons. The standard InChI is InChI=1S/C27H36N4/c1-26(2,3)22-9-7-10-23(18-22)31-16-14-30(15-17-31)13-12-27(4,5)24-11-6-8-21-19-28-20-29-25(21)24/h6-11,18-20H,12-17H2,1-5H3. The molecule has 0 aliphatic carbocycles. The Morgan fingerprint density at radius 2 is 1.65 bits per heavy atom. The second-order valence-electron chi connectivity index (χ2n) is 10.5. The first kappa shape index (κ1) is 21.8. The molecular weight excluding hydrogens is 380 g/mol. The minimum Gasteiger partial charge on any atom is -0.369 e. The second-order valence-corrected chi connectivity index (χ2v) is 10.5. The third kappa shape index (κ3) is 4.90. The largest absolute Gasteiger partial charge is 0.369 e. The fourth-order valence-corrected chi connectivity index (χ4v) is 4.53. The molecule has 1 aliphatic rings. The minimum absolute atomic E-state index is 0.0754. The molecular formula is C27H36N4. The van der Waals surface area contributed by atoms with Gasteiger partial charge in [-0.1, -0.05) is 65.0 Å². The third-order valence-electron chi connectivity index (χ3n) is 6.77. The molecule has 164 valence electrons. The van der Waals surface area contributed by atoms with Crippen molar-refractivity contribution in [3.05, 3.63) is 66.1 Å². The molecule has 0 unspecified atom stereocenters. The van der Waals surface area contributed by atoms with Crippen LogP contribution in [0.15, 0.2) is 55.0 Å². The van der Waals surface area contributed by atoms with E-state index in [2.05, 4.69) is 96.9 Å². The zero-order chi connectivity index (χ0) is 22.1. The Morgan fingerprint density at radius 3 is 2.39 bits per heavy atom. The predicted molar refractivity (Wildman–Crippen MR) is 131 cm³/mol. The van der Waals surface area contributed by atoms with Gasteiger partial charge >= 0.3 is 0 Å². The number of benzene rings is 2. The maximum Gasteiger partial charge on any atom is 0.116 e. The van der Waals surface area contributed by atoms with Crippen LogP contribution in [0.5, 0.6) is 0 Å². The first-order valence-corrected chi connectivity index (χ1v) is 11.5. The van der Waals surface area contributed by atoms with Crippen molar-refractivity contribution in [2.75, 3.05) is 37.6 Å². The number of hydrogen-bond acceptors (Lipinski definition) is 4. The molecule has 1 fully saturated rings. The average Bonchev–Trinajstić information content (AvgIpc) is 2.77. The van der Waals surface area contributed by atoms with Gasteiger partial charge in [0.05, 0.1) is 5.52 Å². The fraction of sp³-hybridized carbons (Fsp3) is 0.481. The van der Waals surface area contributed by atoms with Gasteiger partial charge in [-0.25, -0.2) is 9.97 Å². The van der Waals surface area contributed by atoms with Crippen molar-refractivity contribution >= 4 is 16.6 Å². The third-order valence-corrected chi connectivity index (χ3v) is 6.77. The number of anilines is 1. The summed E-state index contributed by atoms with van der Waals surface area (Å²) in [5.74, 6) is 0. The van der Waals surface area contributed by atoms with E-state index >= 15 is 0 Å². The average molecular weight is 417 g/mol. The number of para-hydroxylation sites is 1. The van der Waals surface area contributed by atoms with Gasteiger partial charge in [0.15, 0.2) is 0 Å². The molecule has 0 amide bonds. The maximum atomic E-state index is 4.58. The number of hydrogen-bond donors (Lipinski definition) is 0. The van der Waals surface area contributed by atoms with Gasteiger partial charge in [0.1, 0.15) is 6.33 Å². The highest BCUT2D eigenvalue weighted by Gasteiger charge is 2.26. The van der Waals surface area contributed by atoms with Crippen LogP contribution in [0.3, 0.4) is 0 Å². The molecule has 0 saturated carbocycles. The Labute approximate surface area is 187 Å². The van der Waals surface area contributed by atoms with Crippen LogP contribution in [0.25, 0.3) is 10.9 Å². The van der Waals surface area contributed by atoms with E-state index in [-0.39, 0.29) is 10.8 Å². The summed E-state index contributed by atoms with van der Waals surface area (Å²) in [6.45, 7) is 17.1. The van der Waals surface area contributed by atoms with Crippen molar-refractivity contribution < 1.29 is 0 Å². The minimum atomic E-state index is 0.0754. The van der Waals surface area contributed by atoms with Gasteiger partial charge in [-0.15, -0.1) is 0 Å². The van der Waals surface area contributed by atoms with Crippen molar-refractivity contribution in [2.45, 2.75) is 51.9 Å². The topological polar surface area (TPSA) is 32.3 Å². The highest BCUT2D eigenvalue weighted by atomic mass is 15.3. The lowest BCUT2D eigenvalue weighted by Crippen LogP contribution is -2.47. The summed E-state index contributed by atoms with van der Waals surface area (Å²) >= 11 is 0. The Balaban J connectivity index is 1.37. The molecule has 4 heteroatoms. The SMILES string of the molecule is CC(C)(C)c1cccc(N2CCN(CCC(C)(C)c3cccc4cncnc34)CC2)c1. The molecule has 31 heavy (non-hydrogen) atoms. The van der Waals surface area contributed by atoms with Crippen molar-refractivity contribution in [1.29, 1.82) is 0 Å². The summed E-state index contributed by atoms with van der Waals surface area (Å²) in [5, 5.41) is 1.12. The van der Waals surface area contributed by atoms with E-state index in [0.717, 1.165) is 50.0 Å². The Morgan fingerprint density at radius 1 is 0.903 bits per heavy atom. The van der Waals surface area contributed by atoms with Crippen LogP contribution in [0, 0.1) is 0 Å². The van der Waals surface area contributed by atoms with E-state index in [0.29, 0.717) is 0 Å². The van der Waals surface area contributed by atoms with Gasteiger partial charge in [0.2, 0.25) is 0 Å². The molecule has 4 rings (SSSR count). The van der Waals surface area contributed by atoms with Crippen LogP contribution in [-0.2, 0) is 10.8 Å². The van der Waals surface area contributed by atoms with Crippen LogP contribution < -0.4 is 4.90 Å². The van der Waals surface area contributed by atoms with Gasteiger partial charge in [-0.05, 0) is 47.1 Å². The van der Waals surface area contributed by atoms with E-state index in [1.807, 2.05) is 6.20 Å². The number of rotatable bonds is 5. The zero-order valence-electron chi connectivity index (χ0n) is 19.7. The molecule has 4 nitrogen and oxygen atoms in total. The molecule has 2 aromatic carbocycles. The molecule has 0 N–H and O–H groups in total. The Bertz CT molecular complexity index is 1020. The summed E-state index contributed by atoms with van der Waals surface area (Å²) in [4.78, 5) is 13.9. The molecule has 0 spiro atoms. The maximum absolute atomic E-state index is 4.58. The summed E-state index contributed by atoms with van der Waals surface area (Å²) in [5.41, 5.74) is 5.45. The van der Waals surface area contributed by atoms with Crippen LogP contribution in [0.1, 0.15) is 52.2 Å². The van der Waals surface area contributed by atoms with Gasteiger partial charge < -0.3 is 4.90 Å². The van der Waals surface area contributed by atoms with Crippen molar-refractivity contribution in [2.24, 2.45) is 0 Å². The van der Waals surface area contributed by atoms with Crippen molar-refractivity contribution in [3.63, 3.8) is 0 Å². The lowest BCUT2D eigenvalue weighted by atomic mass is 9.80. The van der Waals surface area contributed by atoms with E-state index in [1.165, 1.54) is 16.8 Å². The molecule has 1 saturated heterocycles. The lowest BCUT2D eigenvalue weighted by molar-refractivity contribution is 0.235. The molecule has 0 bridgehead atoms. The number of nitrogens with zero attached hydrogens (tertiary/aromatic N) is 4. The van der Waals surface area contributed by atoms with Crippen LogP contribution in [0.2, 0.25) is 0 Å². The monoisotopic (exact) mass is 416 g/mol. The zero-order valence-corrected chi connectivity index (χ0v) is 19.7. The smallest absolute Gasteiger partial charge is 0.116 e. The van der Waals surface area contributed by atoms with E-state index < -0.39 is 0 Å². The molecule has 1 aromatic heterocycles. The van der Waals surface area contributed by atoms with Gasteiger partial charge in [-0.2, -0.15) is 0 Å². The molecule has 1 aliphatic heterocycles. The molecule has 2 heterocycles.